The monoisotopic (exact) mass is 197 g/mol. The summed E-state index contributed by atoms with van der Waals surface area (Å²) in [5.41, 5.74) is 5.13. The van der Waals surface area contributed by atoms with Gasteiger partial charge in [0.2, 0.25) is 0 Å². The van der Waals surface area contributed by atoms with E-state index in [9.17, 15) is 9.59 Å². The van der Waals surface area contributed by atoms with Gasteiger partial charge >= 0.3 is 5.69 Å². The van der Waals surface area contributed by atoms with Crippen LogP contribution in [0.1, 0.15) is 32.0 Å². The summed E-state index contributed by atoms with van der Waals surface area (Å²) in [7, 11) is 0. The molecule has 3 N–H and O–H groups in total. The van der Waals surface area contributed by atoms with E-state index in [0.29, 0.717) is 5.69 Å². The molecule has 0 saturated heterocycles. The molecule has 1 atom stereocenters. The summed E-state index contributed by atoms with van der Waals surface area (Å²) in [6.07, 6.45) is 0.741. The zero-order valence-corrected chi connectivity index (χ0v) is 8.41. The summed E-state index contributed by atoms with van der Waals surface area (Å²) >= 11 is 0. The summed E-state index contributed by atoms with van der Waals surface area (Å²) < 4.78 is 1.21. The second kappa shape index (κ2) is 4.23. The Morgan fingerprint density at radius 1 is 1.57 bits per heavy atom. The SMILES string of the molecule is CCC(C)n1c(=O)cc(CN)[nH]c1=O. The van der Waals surface area contributed by atoms with Gasteiger partial charge in [0.1, 0.15) is 0 Å². The number of nitrogens with two attached hydrogens (primary N) is 1. The maximum absolute atomic E-state index is 11.5. The summed E-state index contributed by atoms with van der Waals surface area (Å²) in [4.78, 5) is 25.5. The highest BCUT2D eigenvalue weighted by Gasteiger charge is 2.08. The van der Waals surface area contributed by atoms with Crippen molar-refractivity contribution in [3.05, 3.63) is 32.6 Å². The van der Waals surface area contributed by atoms with Crippen molar-refractivity contribution >= 4 is 0 Å². The first-order valence-corrected chi connectivity index (χ1v) is 4.65. The van der Waals surface area contributed by atoms with Gasteiger partial charge < -0.3 is 10.7 Å². The molecular formula is C9H15N3O2. The molecule has 0 aliphatic heterocycles. The topological polar surface area (TPSA) is 80.9 Å². The van der Waals surface area contributed by atoms with E-state index in [2.05, 4.69) is 4.98 Å². The predicted octanol–water partition coefficient (Wildman–Crippen LogP) is -0.0337. The van der Waals surface area contributed by atoms with Gasteiger partial charge in [-0.1, -0.05) is 6.92 Å². The molecule has 14 heavy (non-hydrogen) atoms. The van der Waals surface area contributed by atoms with E-state index >= 15 is 0 Å². The Hall–Kier alpha value is -1.36. The van der Waals surface area contributed by atoms with Crippen LogP contribution in [0.2, 0.25) is 0 Å². The van der Waals surface area contributed by atoms with Crippen molar-refractivity contribution in [2.24, 2.45) is 5.73 Å². The molecular weight excluding hydrogens is 182 g/mol. The standard InChI is InChI=1S/C9H15N3O2/c1-3-6(2)12-8(13)4-7(5-10)11-9(12)14/h4,6H,3,5,10H2,1-2H3,(H,11,14). The highest BCUT2D eigenvalue weighted by molar-refractivity contribution is 4.99. The summed E-state index contributed by atoms with van der Waals surface area (Å²) in [5, 5.41) is 0. The van der Waals surface area contributed by atoms with Gasteiger partial charge in [-0.05, 0) is 13.3 Å². The van der Waals surface area contributed by atoms with Crippen molar-refractivity contribution < 1.29 is 0 Å². The van der Waals surface area contributed by atoms with Gasteiger partial charge in [0.15, 0.2) is 0 Å². The van der Waals surface area contributed by atoms with Gasteiger partial charge in [-0.3, -0.25) is 9.36 Å². The molecule has 0 aromatic carbocycles. The molecule has 1 rings (SSSR count). The second-order valence-corrected chi connectivity index (χ2v) is 3.27. The highest BCUT2D eigenvalue weighted by Crippen LogP contribution is 2.02. The van der Waals surface area contributed by atoms with E-state index < -0.39 is 0 Å². The van der Waals surface area contributed by atoms with Crippen molar-refractivity contribution in [1.29, 1.82) is 0 Å². The third-order valence-electron chi connectivity index (χ3n) is 2.27. The van der Waals surface area contributed by atoms with Crippen LogP contribution >= 0.6 is 0 Å². The fourth-order valence-corrected chi connectivity index (χ4v) is 1.26. The lowest BCUT2D eigenvalue weighted by molar-refractivity contribution is 0.487. The number of nitrogens with one attached hydrogen (secondary N) is 1. The Balaban J connectivity index is 3.33. The third-order valence-corrected chi connectivity index (χ3v) is 2.27. The second-order valence-electron chi connectivity index (χ2n) is 3.27. The molecule has 5 nitrogen and oxygen atoms in total. The first-order valence-electron chi connectivity index (χ1n) is 4.65. The van der Waals surface area contributed by atoms with Gasteiger partial charge in [-0.2, -0.15) is 0 Å². The van der Waals surface area contributed by atoms with Gasteiger partial charge in [0.05, 0.1) is 0 Å². The molecule has 0 aliphatic carbocycles. The molecule has 0 aliphatic rings. The molecule has 5 heteroatoms. The van der Waals surface area contributed by atoms with Crippen LogP contribution in [0.5, 0.6) is 0 Å². The number of aromatic nitrogens is 2. The van der Waals surface area contributed by atoms with Crippen LogP contribution in [0.15, 0.2) is 15.7 Å². The maximum Gasteiger partial charge on any atom is 0.328 e. The van der Waals surface area contributed by atoms with Crippen LogP contribution in [-0.2, 0) is 6.54 Å². The lowest BCUT2D eigenvalue weighted by Gasteiger charge is -2.11. The van der Waals surface area contributed by atoms with Crippen LogP contribution in [0.3, 0.4) is 0 Å². The average Bonchev–Trinajstić information content (AvgIpc) is 2.16. The zero-order valence-electron chi connectivity index (χ0n) is 8.41. The average molecular weight is 197 g/mol. The van der Waals surface area contributed by atoms with Gasteiger partial charge in [0.25, 0.3) is 5.56 Å². The number of rotatable bonds is 3. The predicted molar refractivity (Wildman–Crippen MR) is 54.2 cm³/mol. The first-order chi connectivity index (χ1) is 6.60. The van der Waals surface area contributed by atoms with Crippen LogP contribution in [0.25, 0.3) is 0 Å². The lowest BCUT2D eigenvalue weighted by atomic mass is 10.2. The minimum atomic E-state index is -0.382. The van der Waals surface area contributed by atoms with Crippen molar-refractivity contribution in [3.63, 3.8) is 0 Å². The van der Waals surface area contributed by atoms with Crippen molar-refractivity contribution in [2.75, 3.05) is 0 Å². The minimum absolute atomic E-state index is 0.0851. The van der Waals surface area contributed by atoms with E-state index in [1.807, 2.05) is 13.8 Å². The Bertz CT molecular complexity index is 388. The number of nitrogens with zero attached hydrogens (tertiary/aromatic N) is 1. The fourth-order valence-electron chi connectivity index (χ4n) is 1.26. The Kier molecular flexibility index (Phi) is 3.24. The summed E-state index contributed by atoms with van der Waals surface area (Å²) in [6.45, 7) is 3.93. The summed E-state index contributed by atoms with van der Waals surface area (Å²) in [6, 6.07) is 1.28. The molecule has 0 spiro atoms. The fraction of sp³-hybridized carbons (Fsp3) is 0.556. The van der Waals surface area contributed by atoms with Gasteiger partial charge in [0, 0.05) is 24.3 Å². The van der Waals surface area contributed by atoms with E-state index in [4.69, 9.17) is 5.73 Å². The van der Waals surface area contributed by atoms with E-state index in [-0.39, 0.29) is 23.8 Å². The summed E-state index contributed by atoms with van der Waals surface area (Å²) in [5.74, 6) is 0. The smallest absolute Gasteiger partial charge is 0.325 e. The number of H-pyrrole nitrogens is 1. The molecule has 1 unspecified atom stereocenters. The molecule has 0 amide bonds. The van der Waals surface area contributed by atoms with Crippen molar-refractivity contribution in [1.82, 2.24) is 9.55 Å². The quantitative estimate of drug-likeness (QED) is 0.713. The number of hydrogen-bond donors (Lipinski definition) is 2. The zero-order chi connectivity index (χ0) is 10.7. The van der Waals surface area contributed by atoms with Crippen LogP contribution in [-0.4, -0.2) is 9.55 Å². The molecule has 78 valence electrons. The normalized spacial score (nSPS) is 12.8. The first kappa shape index (κ1) is 10.7. The van der Waals surface area contributed by atoms with Crippen molar-refractivity contribution in [2.45, 2.75) is 32.9 Å². The van der Waals surface area contributed by atoms with Gasteiger partial charge in [-0.25, -0.2) is 4.79 Å². The Morgan fingerprint density at radius 3 is 2.64 bits per heavy atom. The molecule has 1 aromatic heterocycles. The van der Waals surface area contributed by atoms with Crippen molar-refractivity contribution in [3.8, 4) is 0 Å². The maximum atomic E-state index is 11.5. The third kappa shape index (κ3) is 1.93. The van der Waals surface area contributed by atoms with Crippen LogP contribution in [0, 0.1) is 0 Å². The molecule has 1 heterocycles. The number of hydrogen-bond acceptors (Lipinski definition) is 3. The minimum Gasteiger partial charge on any atom is -0.325 e. The number of aromatic amines is 1. The van der Waals surface area contributed by atoms with Crippen LogP contribution < -0.4 is 17.0 Å². The van der Waals surface area contributed by atoms with E-state index in [1.165, 1.54) is 10.6 Å². The van der Waals surface area contributed by atoms with Gasteiger partial charge in [-0.15, -0.1) is 0 Å². The molecule has 0 saturated carbocycles. The molecule has 0 fully saturated rings. The molecule has 0 radical (unpaired) electrons. The van der Waals surface area contributed by atoms with E-state index in [0.717, 1.165) is 6.42 Å². The lowest BCUT2D eigenvalue weighted by Crippen LogP contribution is -2.37. The Labute approximate surface area is 81.6 Å². The van der Waals surface area contributed by atoms with E-state index in [1.54, 1.807) is 0 Å². The molecule has 0 bridgehead atoms. The largest absolute Gasteiger partial charge is 0.328 e. The Morgan fingerprint density at radius 2 is 2.21 bits per heavy atom. The van der Waals surface area contributed by atoms with Crippen LogP contribution in [0.4, 0.5) is 0 Å². The molecule has 1 aromatic rings. The highest BCUT2D eigenvalue weighted by atomic mass is 16.2.